The number of hydrogen-bond donors (Lipinski definition) is 2. The van der Waals surface area contributed by atoms with Crippen LogP contribution in [-0.2, 0) is 14.9 Å². The van der Waals surface area contributed by atoms with E-state index in [1.807, 2.05) is 13.0 Å². The van der Waals surface area contributed by atoms with Gasteiger partial charge in [0.25, 0.3) is 0 Å². The fourth-order valence-electron chi connectivity index (χ4n) is 5.73. The Morgan fingerprint density at radius 2 is 2.24 bits per heavy atom. The molecule has 0 aromatic heterocycles. The molecule has 3 heterocycles. The zero-order chi connectivity index (χ0) is 17.3. The van der Waals surface area contributed by atoms with Crippen molar-refractivity contribution in [3.8, 4) is 0 Å². The fraction of sp³-hybridized carbons (Fsp3) is 0.450. The second-order valence-corrected chi connectivity index (χ2v) is 7.40. The Balaban J connectivity index is 1.87. The summed E-state index contributed by atoms with van der Waals surface area (Å²) in [4.78, 5) is 15.2. The molecular formula is C20H22N2O3. The lowest BCUT2D eigenvalue weighted by molar-refractivity contribution is -0.137. The highest BCUT2D eigenvalue weighted by Gasteiger charge is 2.64. The van der Waals surface area contributed by atoms with E-state index >= 15 is 0 Å². The van der Waals surface area contributed by atoms with E-state index in [1.54, 1.807) is 0 Å². The highest BCUT2D eigenvalue weighted by molar-refractivity contribution is 5.95. The van der Waals surface area contributed by atoms with Crippen LogP contribution in [0.15, 0.2) is 47.2 Å². The molecule has 4 aliphatic rings. The zero-order valence-corrected chi connectivity index (χ0v) is 14.5. The molecule has 1 aromatic rings. The van der Waals surface area contributed by atoms with Crippen LogP contribution >= 0.6 is 0 Å². The Hall–Kier alpha value is -2.11. The van der Waals surface area contributed by atoms with Crippen LogP contribution in [0.5, 0.6) is 0 Å². The number of hydrogen-bond acceptors (Lipinski definition) is 5. The van der Waals surface area contributed by atoms with E-state index < -0.39 is 6.10 Å². The minimum absolute atomic E-state index is 0.199. The molecule has 25 heavy (non-hydrogen) atoms. The Labute approximate surface area is 147 Å². The molecule has 2 bridgehead atoms. The number of esters is 1. The van der Waals surface area contributed by atoms with Gasteiger partial charge in [-0.05, 0) is 30.5 Å². The van der Waals surface area contributed by atoms with Crippen LogP contribution in [0.1, 0.15) is 18.9 Å². The zero-order valence-electron chi connectivity index (χ0n) is 14.5. The Bertz CT molecular complexity index is 843. The predicted molar refractivity (Wildman–Crippen MR) is 94.0 cm³/mol. The van der Waals surface area contributed by atoms with Crippen molar-refractivity contribution in [1.29, 1.82) is 0 Å². The summed E-state index contributed by atoms with van der Waals surface area (Å²) in [5.74, 6) is -0.626. The van der Waals surface area contributed by atoms with Crippen LogP contribution in [0.25, 0.3) is 0 Å². The number of carbonyl (C=O) groups is 1. The average molecular weight is 338 g/mol. The predicted octanol–water partition coefficient (Wildman–Crippen LogP) is 1.80. The number of fused-ring (bicyclic) bond motifs is 2. The third-order valence-electron chi connectivity index (χ3n) is 6.54. The summed E-state index contributed by atoms with van der Waals surface area (Å²) in [7, 11) is 1.42. The molecule has 1 spiro atoms. The number of methoxy groups -OCH3 is 1. The minimum Gasteiger partial charge on any atom is -0.466 e. The number of piperidine rings is 1. The fourth-order valence-corrected chi connectivity index (χ4v) is 5.73. The van der Waals surface area contributed by atoms with Gasteiger partial charge in [0.15, 0.2) is 0 Å². The molecule has 5 rings (SSSR count). The van der Waals surface area contributed by atoms with Gasteiger partial charge in [-0.2, -0.15) is 0 Å². The number of aliphatic hydroxyl groups is 1. The summed E-state index contributed by atoms with van der Waals surface area (Å²) in [5.41, 5.74) is 4.79. The van der Waals surface area contributed by atoms with Crippen LogP contribution in [0.3, 0.4) is 0 Å². The van der Waals surface area contributed by atoms with Gasteiger partial charge in [0.1, 0.15) is 0 Å². The molecule has 130 valence electrons. The van der Waals surface area contributed by atoms with Crippen molar-refractivity contribution in [2.45, 2.75) is 30.9 Å². The van der Waals surface area contributed by atoms with Crippen molar-refractivity contribution in [1.82, 2.24) is 4.90 Å². The van der Waals surface area contributed by atoms with E-state index in [0.717, 1.165) is 29.9 Å². The molecule has 1 aromatic carbocycles. The molecule has 3 aliphatic heterocycles. The summed E-state index contributed by atoms with van der Waals surface area (Å²) in [5, 5.41) is 14.4. The molecule has 4 unspecified atom stereocenters. The Morgan fingerprint density at radius 1 is 1.44 bits per heavy atom. The van der Waals surface area contributed by atoms with Gasteiger partial charge in [-0.3, -0.25) is 4.90 Å². The molecule has 4 atom stereocenters. The summed E-state index contributed by atoms with van der Waals surface area (Å²) in [6, 6.07) is 8.53. The van der Waals surface area contributed by atoms with E-state index in [9.17, 15) is 9.90 Å². The summed E-state index contributed by atoms with van der Waals surface area (Å²) in [6.07, 6.45) is 2.44. The first-order valence-corrected chi connectivity index (χ1v) is 8.91. The second kappa shape index (κ2) is 4.96. The number of nitrogens with zero attached hydrogens (tertiary/aromatic N) is 1. The molecule has 0 amide bonds. The lowest BCUT2D eigenvalue weighted by Crippen LogP contribution is -2.59. The molecular weight excluding hydrogens is 316 g/mol. The maximum atomic E-state index is 12.8. The molecule has 5 heteroatoms. The molecule has 1 aliphatic carbocycles. The highest BCUT2D eigenvalue weighted by atomic mass is 16.5. The smallest absolute Gasteiger partial charge is 0.336 e. The van der Waals surface area contributed by atoms with Crippen molar-refractivity contribution < 1.29 is 14.6 Å². The Morgan fingerprint density at radius 3 is 3.00 bits per heavy atom. The van der Waals surface area contributed by atoms with Gasteiger partial charge in [0.05, 0.1) is 24.2 Å². The average Bonchev–Trinajstić information content (AvgIpc) is 3.18. The van der Waals surface area contributed by atoms with Gasteiger partial charge in [-0.1, -0.05) is 24.3 Å². The van der Waals surface area contributed by atoms with Crippen LogP contribution < -0.4 is 5.32 Å². The van der Waals surface area contributed by atoms with Crippen molar-refractivity contribution in [3.05, 3.63) is 52.7 Å². The molecule has 0 radical (unpaired) electrons. The molecule has 2 saturated heterocycles. The van der Waals surface area contributed by atoms with Gasteiger partial charge in [-0.15, -0.1) is 0 Å². The van der Waals surface area contributed by atoms with Crippen molar-refractivity contribution in [2.24, 2.45) is 5.92 Å². The van der Waals surface area contributed by atoms with E-state index in [4.69, 9.17) is 4.74 Å². The van der Waals surface area contributed by atoms with E-state index in [-0.39, 0.29) is 23.3 Å². The standard InChI is InChI=1S/C20H22N2O3/c1-3-11-15-14(23)10-22-9-8-20(18(11)22)12-6-4-5-7-13(12)21-17(20)16(15)19(24)25-2/h3-7,14-15,18,21,23H,8-10H2,1-2H3. The van der Waals surface area contributed by atoms with Crippen LogP contribution in [0.4, 0.5) is 5.69 Å². The number of rotatable bonds is 1. The quantitative estimate of drug-likeness (QED) is 0.604. The third kappa shape index (κ3) is 1.63. The summed E-state index contributed by atoms with van der Waals surface area (Å²) < 4.78 is 5.14. The first kappa shape index (κ1) is 15.2. The minimum atomic E-state index is -0.592. The van der Waals surface area contributed by atoms with Gasteiger partial charge in [0.2, 0.25) is 0 Å². The van der Waals surface area contributed by atoms with Crippen LogP contribution in [0, 0.1) is 5.92 Å². The van der Waals surface area contributed by atoms with Crippen molar-refractivity contribution in [2.75, 3.05) is 25.5 Å². The largest absolute Gasteiger partial charge is 0.466 e. The molecule has 5 nitrogen and oxygen atoms in total. The number of anilines is 1. The maximum Gasteiger partial charge on any atom is 0.336 e. The SMILES string of the molecule is CC=C1C2C(C(=O)OC)=C3Nc4ccccc4C34CCN(CC2O)C14. The number of carbonyl (C=O) groups excluding carboxylic acids is 1. The topological polar surface area (TPSA) is 61.8 Å². The molecule has 0 saturated carbocycles. The molecule has 2 N–H and O–H groups in total. The number of para-hydroxylation sites is 1. The van der Waals surface area contributed by atoms with Crippen LogP contribution in [0.2, 0.25) is 0 Å². The van der Waals surface area contributed by atoms with E-state index in [0.29, 0.717) is 12.1 Å². The first-order valence-electron chi connectivity index (χ1n) is 8.91. The second-order valence-electron chi connectivity index (χ2n) is 7.40. The lowest BCUT2D eigenvalue weighted by atomic mass is 9.60. The monoisotopic (exact) mass is 338 g/mol. The summed E-state index contributed by atoms with van der Waals surface area (Å²) in [6.45, 7) is 3.53. The van der Waals surface area contributed by atoms with E-state index in [1.165, 1.54) is 12.7 Å². The number of allylic oxidation sites excluding steroid dienone is 1. The maximum absolute atomic E-state index is 12.8. The Kier molecular flexibility index (Phi) is 3.01. The van der Waals surface area contributed by atoms with Crippen molar-refractivity contribution >= 4 is 11.7 Å². The van der Waals surface area contributed by atoms with Gasteiger partial charge in [-0.25, -0.2) is 4.79 Å². The number of nitrogens with one attached hydrogen (secondary N) is 1. The van der Waals surface area contributed by atoms with Crippen LogP contribution in [-0.4, -0.2) is 48.3 Å². The first-order chi connectivity index (χ1) is 12.1. The van der Waals surface area contributed by atoms with Gasteiger partial charge >= 0.3 is 5.97 Å². The lowest BCUT2D eigenvalue weighted by Gasteiger charge is -2.51. The molecule has 2 fully saturated rings. The number of benzene rings is 1. The van der Waals surface area contributed by atoms with Gasteiger partial charge in [0, 0.05) is 36.4 Å². The normalized spacial score (nSPS) is 36.9. The van der Waals surface area contributed by atoms with Crippen molar-refractivity contribution in [3.63, 3.8) is 0 Å². The number of aliphatic hydroxyl groups excluding tert-OH is 1. The van der Waals surface area contributed by atoms with Gasteiger partial charge < -0.3 is 15.2 Å². The highest BCUT2D eigenvalue weighted by Crippen LogP contribution is 2.62. The summed E-state index contributed by atoms with van der Waals surface area (Å²) >= 11 is 0. The van der Waals surface area contributed by atoms with E-state index in [2.05, 4.69) is 34.5 Å². The number of ether oxygens (including phenoxy) is 1. The third-order valence-corrected chi connectivity index (χ3v) is 6.54.